The summed E-state index contributed by atoms with van der Waals surface area (Å²) in [6, 6.07) is 19.6. The largest absolute Gasteiger partial charge is 0.349 e. The van der Waals surface area contributed by atoms with Crippen LogP contribution in [0.3, 0.4) is 0 Å². The Kier molecular flexibility index (Phi) is 5.88. The maximum Gasteiger partial charge on any atom is 0.289 e. The monoisotopic (exact) mass is 403 g/mol. The summed E-state index contributed by atoms with van der Waals surface area (Å²) in [5.74, 6) is 0.374. The van der Waals surface area contributed by atoms with Crippen molar-refractivity contribution in [2.45, 2.75) is 32.4 Å². The number of hydrogen-bond donors (Lipinski definition) is 1. The summed E-state index contributed by atoms with van der Waals surface area (Å²) in [5, 5.41) is 11.1. The van der Waals surface area contributed by atoms with E-state index in [1.54, 1.807) is 0 Å². The highest BCUT2D eigenvalue weighted by molar-refractivity contribution is 5.91. The molecule has 2 heterocycles. The molecular weight excluding hydrogens is 378 g/mol. The van der Waals surface area contributed by atoms with Gasteiger partial charge in [0.1, 0.15) is 0 Å². The lowest BCUT2D eigenvalue weighted by Crippen LogP contribution is -2.42. The van der Waals surface area contributed by atoms with Crippen molar-refractivity contribution < 1.29 is 9.59 Å². The van der Waals surface area contributed by atoms with Gasteiger partial charge in [-0.3, -0.25) is 9.59 Å². The standard InChI is InChI=1S/C23H25N5O2/c1-2-13-24-22(29)21-26-25-19-16-27(14-15-28(19)21)23(30)20(17-9-5-3-6-10-17)18-11-7-4-8-12-18/h3-12,20H,2,13-16H2,1H3,(H,24,29). The number of carbonyl (C=O) groups is 2. The first-order valence-electron chi connectivity index (χ1n) is 10.3. The summed E-state index contributed by atoms with van der Waals surface area (Å²) >= 11 is 0. The van der Waals surface area contributed by atoms with Gasteiger partial charge in [0.05, 0.1) is 12.5 Å². The van der Waals surface area contributed by atoms with Crippen LogP contribution in [-0.2, 0) is 17.9 Å². The number of aromatic nitrogens is 3. The van der Waals surface area contributed by atoms with Gasteiger partial charge in [-0.1, -0.05) is 67.6 Å². The van der Waals surface area contributed by atoms with Crippen LogP contribution in [0.2, 0.25) is 0 Å². The van der Waals surface area contributed by atoms with Crippen LogP contribution in [0.4, 0.5) is 0 Å². The molecule has 0 aliphatic carbocycles. The third-order valence-corrected chi connectivity index (χ3v) is 5.32. The van der Waals surface area contributed by atoms with Crippen LogP contribution < -0.4 is 5.32 Å². The summed E-state index contributed by atoms with van der Waals surface area (Å²) in [4.78, 5) is 27.7. The van der Waals surface area contributed by atoms with Gasteiger partial charge in [0.2, 0.25) is 11.7 Å². The highest BCUT2D eigenvalue weighted by Gasteiger charge is 2.32. The number of nitrogens with zero attached hydrogens (tertiary/aromatic N) is 4. The maximum atomic E-state index is 13.6. The van der Waals surface area contributed by atoms with Crippen molar-refractivity contribution in [1.82, 2.24) is 25.0 Å². The van der Waals surface area contributed by atoms with Gasteiger partial charge in [0, 0.05) is 19.6 Å². The molecular formula is C23H25N5O2. The Hall–Kier alpha value is -3.48. The van der Waals surface area contributed by atoms with E-state index in [0.29, 0.717) is 37.8 Å². The van der Waals surface area contributed by atoms with Gasteiger partial charge in [0.25, 0.3) is 5.91 Å². The van der Waals surface area contributed by atoms with E-state index in [1.807, 2.05) is 77.1 Å². The van der Waals surface area contributed by atoms with E-state index < -0.39 is 0 Å². The van der Waals surface area contributed by atoms with Gasteiger partial charge >= 0.3 is 0 Å². The molecule has 0 unspecified atom stereocenters. The lowest BCUT2D eigenvalue weighted by Gasteiger charge is -2.31. The van der Waals surface area contributed by atoms with Crippen LogP contribution in [-0.4, -0.2) is 44.6 Å². The molecule has 1 aromatic heterocycles. The Bertz CT molecular complexity index is 977. The zero-order valence-corrected chi connectivity index (χ0v) is 17.0. The molecule has 3 aromatic rings. The zero-order valence-electron chi connectivity index (χ0n) is 17.0. The Morgan fingerprint density at radius 3 is 2.20 bits per heavy atom. The zero-order chi connectivity index (χ0) is 20.9. The molecule has 0 fully saturated rings. The van der Waals surface area contributed by atoms with E-state index in [0.717, 1.165) is 17.5 Å². The molecule has 0 bridgehead atoms. The van der Waals surface area contributed by atoms with Crippen molar-refractivity contribution in [3.63, 3.8) is 0 Å². The van der Waals surface area contributed by atoms with Gasteiger partial charge in [-0.25, -0.2) is 0 Å². The van der Waals surface area contributed by atoms with Gasteiger partial charge in [-0.05, 0) is 17.5 Å². The summed E-state index contributed by atoms with van der Waals surface area (Å²) in [6.45, 7) is 3.94. The van der Waals surface area contributed by atoms with Crippen molar-refractivity contribution in [2.75, 3.05) is 13.1 Å². The van der Waals surface area contributed by atoms with E-state index in [2.05, 4.69) is 15.5 Å². The van der Waals surface area contributed by atoms with Gasteiger partial charge in [-0.2, -0.15) is 0 Å². The van der Waals surface area contributed by atoms with E-state index >= 15 is 0 Å². The fourth-order valence-electron chi connectivity index (χ4n) is 3.78. The number of nitrogens with one attached hydrogen (secondary N) is 1. The highest BCUT2D eigenvalue weighted by Crippen LogP contribution is 2.28. The Labute approximate surface area is 175 Å². The molecule has 2 aromatic carbocycles. The molecule has 4 rings (SSSR count). The molecule has 0 saturated heterocycles. The lowest BCUT2D eigenvalue weighted by atomic mass is 9.90. The molecule has 2 amide bonds. The minimum absolute atomic E-state index is 0.0265. The van der Waals surface area contributed by atoms with Crippen LogP contribution in [0.5, 0.6) is 0 Å². The molecule has 1 aliphatic rings. The molecule has 0 radical (unpaired) electrons. The first kappa shape index (κ1) is 19.8. The fraction of sp³-hybridized carbons (Fsp3) is 0.304. The number of fused-ring (bicyclic) bond motifs is 1. The minimum atomic E-state index is -0.380. The second kappa shape index (κ2) is 8.90. The van der Waals surface area contributed by atoms with Crippen molar-refractivity contribution >= 4 is 11.8 Å². The molecule has 30 heavy (non-hydrogen) atoms. The number of carbonyl (C=O) groups excluding carboxylic acids is 2. The molecule has 0 spiro atoms. The molecule has 1 aliphatic heterocycles. The summed E-state index contributed by atoms with van der Waals surface area (Å²) < 4.78 is 1.81. The number of benzene rings is 2. The first-order chi connectivity index (χ1) is 14.7. The van der Waals surface area contributed by atoms with Crippen LogP contribution in [0.1, 0.15) is 46.8 Å². The number of hydrogen-bond acceptors (Lipinski definition) is 4. The third-order valence-electron chi connectivity index (χ3n) is 5.32. The molecule has 0 saturated carbocycles. The molecule has 0 atom stereocenters. The predicted molar refractivity (Wildman–Crippen MR) is 113 cm³/mol. The molecule has 154 valence electrons. The van der Waals surface area contributed by atoms with E-state index in [4.69, 9.17) is 0 Å². The average molecular weight is 403 g/mol. The Balaban J connectivity index is 1.58. The average Bonchev–Trinajstić information content (AvgIpc) is 3.22. The molecule has 7 heteroatoms. The maximum absolute atomic E-state index is 13.6. The number of rotatable bonds is 6. The van der Waals surface area contributed by atoms with Crippen molar-refractivity contribution in [1.29, 1.82) is 0 Å². The van der Waals surface area contributed by atoms with E-state index in [1.165, 1.54) is 0 Å². The second-order valence-electron chi connectivity index (χ2n) is 7.36. The van der Waals surface area contributed by atoms with Crippen molar-refractivity contribution in [3.05, 3.63) is 83.4 Å². The SMILES string of the molecule is CCCNC(=O)c1nnc2n1CCN(C(=O)C(c1ccccc1)c1ccccc1)C2. The smallest absolute Gasteiger partial charge is 0.289 e. The topological polar surface area (TPSA) is 80.1 Å². The minimum Gasteiger partial charge on any atom is -0.349 e. The van der Waals surface area contributed by atoms with Crippen molar-refractivity contribution in [2.24, 2.45) is 0 Å². The Morgan fingerprint density at radius 2 is 1.60 bits per heavy atom. The van der Waals surface area contributed by atoms with Crippen LogP contribution in [0.25, 0.3) is 0 Å². The van der Waals surface area contributed by atoms with E-state index in [9.17, 15) is 9.59 Å². The van der Waals surface area contributed by atoms with Crippen LogP contribution in [0, 0.1) is 0 Å². The quantitative estimate of drug-likeness (QED) is 0.686. The fourth-order valence-corrected chi connectivity index (χ4v) is 3.78. The second-order valence-corrected chi connectivity index (χ2v) is 7.36. The first-order valence-corrected chi connectivity index (χ1v) is 10.3. The van der Waals surface area contributed by atoms with Gasteiger partial charge in [0.15, 0.2) is 5.82 Å². The van der Waals surface area contributed by atoms with Crippen LogP contribution in [0.15, 0.2) is 60.7 Å². The normalized spacial score (nSPS) is 13.2. The number of amides is 2. The summed E-state index contributed by atoms with van der Waals surface area (Å²) in [6.07, 6.45) is 0.857. The van der Waals surface area contributed by atoms with E-state index in [-0.39, 0.29) is 17.7 Å². The summed E-state index contributed by atoms with van der Waals surface area (Å²) in [7, 11) is 0. The molecule has 7 nitrogen and oxygen atoms in total. The predicted octanol–water partition coefficient (Wildman–Crippen LogP) is 2.59. The highest BCUT2D eigenvalue weighted by atomic mass is 16.2. The third kappa shape index (κ3) is 3.96. The molecule has 1 N–H and O–H groups in total. The van der Waals surface area contributed by atoms with Crippen LogP contribution >= 0.6 is 0 Å². The summed E-state index contributed by atoms with van der Waals surface area (Å²) in [5.41, 5.74) is 1.92. The van der Waals surface area contributed by atoms with Crippen molar-refractivity contribution in [3.8, 4) is 0 Å². The van der Waals surface area contributed by atoms with Gasteiger partial charge in [-0.15, -0.1) is 10.2 Å². The Morgan fingerprint density at radius 1 is 0.967 bits per heavy atom. The lowest BCUT2D eigenvalue weighted by molar-refractivity contribution is -0.133. The van der Waals surface area contributed by atoms with Gasteiger partial charge < -0.3 is 14.8 Å².